The molecule has 5 heteroatoms. The Labute approximate surface area is 138 Å². The molecule has 2 aromatic carbocycles. The minimum Gasteiger partial charge on any atom is -0.497 e. The smallest absolute Gasteiger partial charge is 0.224 e. The van der Waals surface area contributed by atoms with Crippen LogP contribution >= 0.6 is 15.9 Å². The zero-order valence-electron chi connectivity index (χ0n) is 12.3. The van der Waals surface area contributed by atoms with Crippen LogP contribution in [0, 0.1) is 0 Å². The number of nitrogens with one attached hydrogen (secondary N) is 1. The van der Waals surface area contributed by atoms with E-state index in [-0.39, 0.29) is 5.91 Å². The minimum absolute atomic E-state index is 0.0250. The van der Waals surface area contributed by atoms with Crippen molar-refractivity contribution in [1.82, 2.24) is 5.32 Å². The molecule has 1 N–H and O–H groups in total. The number of benzene rings is 2. The van der Waals surface area contributed by atoms with Gasteiger partial charge in [0.1, 0.15) is 18.1 Å². The number of methoxy groups -OCH3 is 1. The number of rotatable bonds is 7. The second kappa shape index (κ2) is 8.44. The summed E-state index contributed by atoms with van der Waals surface area (Å²) in [4.78, 5) is 11.8. The highest BCUT2D eigenvalue weighted by Crippen LogP contribution is 2.17. The van der Waals surface area contributed by atoms with Crippen molar-refractivity contribution >= 4 is 21.8 Å². The number of halogens is 1. The Morgan fingerprint density at radius 1 is 1.14 bits per heavy atom. The topological polar surface area (TPSA) is 47.6 Å². The van der Waals surface area contributed by atoms with E-state index in [9.17, 15) is 4.79 Å². The standard InChI is InChI=1S/C17H18BrNO3/c1-21-15-7-5-13(6-8-15)11-17(20)19-9-10-22-16-4-2-3-14(18)12-16/h2-8,12H,9-11H2,1H3,(H,19,20). The molecule has 2 aromatic rings. The summed E-state index contributed by atoms with van der Waals surface area (Å²) in [5.41, 5.74) is 0.950. The highest BCUT2D eigenvalue weighted by molar-refractivity contribution is 9.10. The van der Waals surface area contributed by atoms with E-state index in [0.29, 0.717) is 19.6 Å². The van der Waals surface area contributed by atoms with Gasteiger partial charge in [0.25, 0.3) is 0 Å². The van der Waals surface area contributed by atoms with Crippen LogP contribution in [0.15, 0.2) is 53.0 Å². The van der Waals surface area contributed by atoms with Crippen LogP contribution in [0.1, 0.15) is 5.56 Å². The molecule has 0 aliphatic rings. The molecule has 0 heterocycles. The van der Waals surface area contributed by atoms with Gasteiger partial charge in [-0.3, -0.25) is 4.79 Å². The summed E-state index contributed by atoms with van der Waals surface area (Å²) in [7, 11) is 1.62. The van der Waals surface area contributed by atoms with Gasteiger partial charge in [-0.05, 0) is 35.9 Å². The molecular formula is C17H18BrNO3. The molecule has 1 amide bonds. The second-order valence-electron chi connectivity index (χ2n) is 4.68. The van der Waals surface area contributed by atoms with E-state index in [4.69, 9.17) is 9.47 Å². The summed E-state index contributed by atoms with van der Waals surface area (Å²) < 4.78 is 11.6. The van der Waals surface area contributed by atoms with Gasteiger partial charge in [-0.2, -0.15) is 0 Å². The minimum atomic E-state index is -0.0250. The van der Waals surface area contributed by atoms with Crippen LogP contribution in [0.25, 0.3) is 0 Å². The van der Waals surface area contributed by atoms with Gasteiger partial charge in [-0.1, -0.05) is 34.1 Å². The zero-order valence-corrected chi connectivity index (χ0v) is 13.9. The quantitative estimate of drug-likeness (QED) is 0.768. The fourth-order valence-corrected chi connectivity index (χ4v) is 2.29. The molecule has 0 aliphatic carbocycles. The number of ether oxygens (including phenoxy) is 2. The summed E-state index contributed by atoms with van der Waals surface area (Å²) in [6, 6.07) is 15.1. The van der Waals surface area contributed by atoms with E-state index in [1.54, 1.807) is 7.11 Å². The molecule has 0 radical (unpaired) electrons. The Balaban J connectivity index is 1.69. The number of carbonyl (C=O) groups is 1. The van der Waals surface area contributed by atoms with Gasteiger partial charge < -0.3 is 14.8 Å². The predicted molar refractivity (Wildman–Crippen MR) is 89.3 cm³/mol. The summed E-state index contributed by atoms with van der Waals surface area (Å²) in [5, 5.41) is 2.84. The van der Waals surface area contributed by atoms with Crippen molar-refractivity contribution in [2.24, 2.45) is 0 Å². The van der Waals surface area contributed by atoms with Crippen molar-refractivity contribution in [2.75, 3.05) is 20.3 Å². The lowest BCUT2D eigenvalue weighted by atomic mass is 10.1. The first-order chi connectivity index (χ1) is 10.7. The maximum atomic E-state index is 11.8. The van der Waals surface area contributed by atoms with Crippen molar-refractivity contribution in [2.45, 2.75) is 6.42 Å². The highest BCUT2D eigenvalue weighted by atomic mass is 79.9. The molecular weight excluding hydrogens is 346 g/mol. The van der Waals surface area contributed by atoms with E-state index >= 15 is 0 Å². The first kappa shape index (κ1) is 16.4. The Morgan fingerprint density at radius 3 is 2.59 bits per heavy atom. The first-order valence-electron chi connectivity index (χ1n) is 6.95. The van der Waals surface area contributed by atoms with Gasteiger partial charge in [0.2, 0.25) is 5.91 Å². The van der Waals surface area contributed by atoms with Crippen LogP contribution in [-0.2, 0) is 11.2 Å². The normalized spacial score (nSPS) is 10.1. The number of carbonyl (C=O) groups excluding carboxylic acids is 1. The van der Waals surface area contributed by atoms with Crippen molar-refractivity contribution in [3.05, 3.63) is 58.6 Å². The van der Waals surface area contributed by atoms with Gasteiger partial charge in [-0.15, -0.1) is 0 Å². The van der Waals surface area contributed by atoms with Gasteiger partial charge in [0.15, 0.2) is 0 Å². The molecule has 2 rings (SSSR count). The molecule has 4 nitrogen and oxygen atoms in total. The molecule has 0 bridgehead atoms. The molecule has 0 aromatic heterocycles. The Morgan fingerprint density at radius 2 is 1.91 bits per heavy atom. The van der Waals surface area contributed by atoms with Gasteiger partial charge in [-0.25, -0.2) is 0 Å². The van der Waals surface area contributed by atoms with E-state index in [0.717, 1.165) is 21.5 Å². The lowest BCUT2D eigenvalue weighted by Gasteiger charge is -2.08. The fraction of sp³-hybridized carbons (Fsp3) is 0.235. The third kappa shape index (κ3) is 5.41. The lowest BCUT2D eigenvalue weighted by Crippen LogP contribution is -2.29. The molecule has 0 atom stereocenters. The average molecular weight is 364 g/mol. The Kier molecular flexibility index (Phi) is 6.27. The molecule has 0 fully saturated rings. The molecule has 0 aliphatic heterocycles. The molecule has 116 valence electrons. The van der Waals surface area contributed by atoms with Crippen LogP contribution < -0.4 is 14.8 Å². The Hall–Kier alpha value is -2.01. The summed E-state index contributed by atoms with van der Waals surface area (Å²) in [5.74, 6) is 1.54. The summed E-state index contributed by atoms with van der Waals surface area (Å²) >= 11 is 3.38. The SMILES string of the molecule is COc1ccc(CC(=O)NCCOc2cccc(Br)c2)cc1. The molecule has 0 spiro atoms. The van der Waals surface area contributed by atoms with Gasteiger partial charge in [0, 0.05) is 4.47 Å². The van der Waals surface area contributed by atoms with Gasteiger partial charge in [0.05, 0.1) is 20.1 Å². The van der Waals surface area contributed by atoms with Crippen LogP contribution in [0.3, 0.4) is 0 Å². The lowest BCUT2D eigenvalue weighted by molar-refractivity contribution is -0.120. The third-order valence-electron chi connectivity index (χ3n) is 3.01. The Bertz CT molecular complexity index is 614. The number of hydrogen-bond donors (Lipinski definition) is 1. The molecule has 0 saturated carbocycles. The average Bonchev–Trinajstić information content (AvgIpc) is 2.52. The van der Waals surface area contributed by atoms with Crippen LogP contribution in [0.5, 0.6) is 11.5 Å². The predicted octanol–water partition coefficient (Wildman–Crippen LogP) is 3.20. The first-order valence-corrected chi connectivity index (χ1v) is 7.74. The second-order valence-corrected chi connectivity index (χ2v) is 5.60. The third-order valence-corrected chi connectivity index (χ3v) is 3.51. The monoisotopic (exact) mass is 363 g/mol. The van der Waals surface area contributed by atoms with E-state index < -0.39 is 0 Å². The zero-order chi connectivity index (χ0) is 15.8. The van der Waals surface area contributed by atoms with Crippen molar-refractivity contribution in [3.63, 3.8) is 0 Å². The maximum Gasteiger partial charge on any atom is 0.224 e. The van der Waals surface area contributed by atoms with Gasteiger partial charge >= 0.3 is 0 Å². The summed E-state index contributed by atoms with van der Waals surface area (Å²) in [6.45, 7) is 0.909. The van der Waals surface area contributed by atoms with Crippen molar-refractivity contribution < 1.29 is 14.3 Å². The molecule has 22 heavy (non-hydrogen) atoms. The number of hydrogen-bond acceptors (Lipinski definition) is 3. The van der Waals surface area contributed by atoms with Crippen LogP contribution in [0.2, 0.25) is 0 Å². The van der Waals surface area contributed by atoms with Crippen LogP contribution in [-0.4, -0.2) is 26.2 Å². The molecule has 0 saturated heterocycles. The van der Waals surface area contributed by atoms with Crippen molar-refractivity contribution in [3.8, 4) is 11.5 Å². The van der Waals surface area contributed by atoms with Crippen LogP contribution in [0.4, 0.5) is 0 Å². The van der Waals surface area contributed by atoms with E-state index in [2.05, 4.69) is 21.2 Å². The van der Waals surface area contributed by atoms with E-state index in [1.165, 1.54) is 0 Å². The van der Waals surface area contributed by atoms with E-state index in [1.807, 2.05) is 48.5 Å². The van der Waals surface area contributed by atoms with Crippen molar-refractivity contribution in [1.29, 1.82) is 0 Å². The highest BCUT2D eigenvalue weighted by Gasteiger charge is 2.03. The largest absolute Gasteiger partial charge is 0.497 e. The summed E-state index contributed by atoms with van der Waals surface area (Å²) in [6.07, 6.45) is 0.348. The fourth-order valence-electron chi connectivity index (χ4n) is 1.91. The maximum absolute atomic E-state index is 11.8. The number of amides is 1. The molecule has 0 unspecified atom stereocenters.